The smallest absolute Gasteiger partial charge is 0.399 e. The Kier molecular flexibility index (Phi) is 4.17. The summed E-state index contributed by atoms with van der Waals surface area (Å²) in [5.41, 5.74) is 4.91. The molecule has 7 heteroatoms. The molecule has 20 heavy (non-hydrogen) atoms. The van der Waals surface area contributed by atoms with Crippen LogP contribution in [0.25, 0.3) is 0 Å². The van der Waals surface area contributed by atoms with Gasteiger partial charge in [-0.2, -0.15) is 13.2 Å². The molecule has 1 amide bonds. The van der Waals surface area contributed by atoms with Crippen molar-refractivity contribution in [1.82, 2.24) is 10.2 Å². The minimum atomic E-state index is -4.45. The van der Waals surface area contributed by atoms with E-state index in [1.165, 1.54) is 12.1 Å². The van der Waals surface area contributed by atoms with Crippen LogP contribution in [-0.4, -0.2) is 30.4 Å². The van der Waals surface area contributed by atoms with E-state index in [2.05, 4.69) is 5.32 Å². The lowest BCUT2D eigenvalue weighted by molar-refractivity contribution is -0.138. The number of hydrogen-bond donors (Lipinski definition) is 2. The van der Waals surface area contributed by atoms with Gasteiger partial charge in [-0.3, -0.25) is 9.69 Å². The largest absolute Gasteiger partial charge is 0.416 e. The molecule has 1 fully saturated rings. The van der Waals surface area contributed by atoms with Gasteiger partial charge in [-0.1, -0.05) is 6.07 Å². The first-order valence-corrected chi connectivity index (χ1v) is 6.31. The zero-order valence-corrected chi connectivity index (χ0v) is 10.8. The molecule has 3 N–H and O–H groups in total. The molecule has 1 saturated heterocycles. The van der Waals surface area contributed by atoms with Gasteiger partial charge in [0.15, 0.2) is 0 Å². The minimum Gasteiger partial charge on any atom is -0.399 e. The SMILES string of the molecule is Nc1ccc(CN2CCCNC(=O)C2)c(C(F)(F)F)c1. The number of benzene rings is 1. The number of nitrogens with one attached hydrogen (secondary N) is 1. The highest BCUT2D eigenvalue weighted by atomic mass is 19.4. The molecule has 0 aliphatic carbocycles. The van der Waals surface area contributed by atoms with Crippen molar-refractivity contribution in [1.29, 1.82) is 0 Å². The van der Waals surface area contributed by atoms with Gasteiger partial charge in [0, 0.05) is 25.3 Å². The molecular weight excluding hydrogens is 271 g/mol. The number of hydrogen-bond acceptors (Lipinski definition) is 3. The van der Waals surface area contributed by atoms with Gasteiger partial charge in [0.05, 0.1) is 12.1 Å². The Morgan fingerprint density at radius 2 is 2.10 bits per heavy atom. The van der Waals surface area contributed by atoms with E-state index in [1.54, 1.807) is 4.90 Å². The lowest BCUT2D eigenvalue weighted by Crippen LogP contribution is -2.33. The molecule has 0 bridgehead atoms. The standard InChI is InChI=1S/C13H16F3N3O/c14-13(15,16)11-6-10(17)3-2-9(11)7-19-5-1-4-18-12(20)8-19/h2-3,6H,1,4-5,7-8,17H2,(H,18,20). The maximum atomic E-state index is 13.0. The van der Waals surface area contributed by atoms with Crippen molar-refractivity contribution < 1.29 is 18.0 Å². The fraction of sp³-hybridized carbons (Fsp3) is 0.462. The first-order valence-electron chi connectivity index (χ1n) is 6.31. The van der Waals surface area contributed by atoms with Crippen LogP contribution in [0.3, 0.4) is 0 Å². The van der Waals surface area contributed by atoms with E-state index in [1.807, 2.05) is 0 Å². The van der Waals surface area contributed by atoms with Crippen LogP contribution in [0.4, 0.5) is 18.9 Å². The molecule has 0 radical (unpaired) electrons. The lowest BCUT2D eigenvalue weighted by atomic mass is 10.1. The van der Waals surface area contributed by atoms with Crippen molar-refractivity contribution in [3.05, 3.63) is 29.3 Å². The fourth-order valence-electron chi connectivity index (χ4n) is 2.24. The van der Waals surface area contributed by atoms with E-state index in [9.17, 15) is 18.0 Å². The van der Waals surface area contributed by atoms with E-state index in [-0.39, 0.29) is 30.2 Å². The molecule has 0 spiro atoms. The van der Waals surface area contributed by atoms with Crippen LogP contribution in [0.1, 0.15) is 17.5 Å². The summed E-state index contributed by atoms with van der Waals surface area (Å²) in [6.45, 7) is 1.34. The number of amides is 1. The summed E-state index contributed by atoms with van der Waals surface area (Å²) in [5, 5.41) is 2.69. The highest BCUT2D eigenvalue weighted by Crippen LogP contribution is 2.33. The molecule has 0 unspecified atom stereocenters. The number of nitrogen functional groups attached to an aromatic ring is 1. The zero-order valence-electron chi connectivity index (χ0n) is 10.8. The third-order valence-corrected chi connectivity index (χ3v) is 3.17. The summed E-state index contributed by atoms with van der Waals surface area (Å²) in [4.78, 5) is 13.1. The molecular formula is C13H16F3N3O. The molecule has 1 aliphatic rings. The van der Waals surface area contributed by atoms with Crippen LogP contribution in [0.5, 0.6) is 0 Å². The molecule has 0 aromatic heterocycles. The quantitative estimate of drug-likeness (QED) is 0.813. The molecule has 4 nitrogen and oxygen atoms in total. The van der Waals surface area contributed by atoms with Gasteiger partial charge in [-0.25, -0.2) is 0 Å². The average Bonchev–Trinajstić information content (AvgIpc) is 2.54. The lowest BCUT2D eigenvalue weighted by Gasteiger charge is -2.21. The van der Waals surface area contributed by atoms with Crippen molar-refractivity contribution in [2.45, 2.75) is 19.1 Å². The maximum Gasteiger partial charge on any atom is 0.416 e. The summed E-state index contributed by atoms with van der Waals surface area (Å²) in [6.07, 6.45) is -3.72. The second-order valence-electron chi connectivity index (χ2n) is 4.83. The molecule has 1 heterocycles. The Labute approximate surface area is 114 Å². The van der Waals surface area contributed by atoms with Gasteiger partial charge in [0.2, 0.25) is 5.91 Å². The van der Waals surface area contributed by atoms with E-state index in [4.69, 9.17) is 5.73 Å². The topological polar surface area (TPSA) is 58.4 Å². The number of carbonyl (C=O) groups is 1. The Bertz CT molecular complexity index is 502. The number of rotatable bonds is 2. The number of carbonyl (C=O) groups excluding carboxylic acids is 1. The zero-order chi connectivity index (χ0) is 14.8. The Morgan fingerprint density at radius 1 is 1.35 bits per heavy atom. The average molecular weight is 287 g/mol. The Morgan fingerprint density at radius 3 is 2.80 bits per heavy atom. The van der Waals surface area contributed by atoms with E-state index in [0.717, 1.165) is 12.5 Å². The summed E-state index contributed by atoms with van der Waals surface area (Å²) in [6, 6.07) is 3.76. The molecule has 2 rings (SSSR count). The van der Waals surface area contributed by atoms with Crippen LogP contribution < -0.4 is 11.1 Å². The minimum absolute atomic E-state index is 0.0784. The van der Waals surface area contributed by atoms with Gasteiger partial charge in [0.1, 0.15) is 0 Å². The van der Waals surface area contributed by atoms with Crippen LogP contribution in [0.15, 0.2) is 18.2 Å². The molecule has 110 valence electrons. The van der Waals surface area contributed by atoms with Crippen molar-refractivity contribution in [3.8, 4) is 0 Å². The highest BCUT2D eigenvalue weighted by molar-refractivity contribution is 5.78. The van der Waals surface area contributed by atoms with Crippen molar-refractivity contribution in [2.24, 2.45) is 0 Å². The third-order valence-electron chi connectivity index (χ3n) is 3.17. The number of nitrogens with zero attached hydrogens (tertiary/aromatic N) is 1. The number of anilines is 1. The summed E-state index contributed by atoms with van der Waals surface area (Å²) in [7, 11) is 0. The number of alkyl halides is 3. The molecule has 1 aromatic carbocycles. The first-order chi connectivity index (χ1) is 9.36. The summed E-state index contributed by atoms with van der Waals surface area (Å²) < 4.78 is 39.0. The van der Waals surface area contributed by atoms with Crippen molar-refractivity contribution in [2.75, 3.05) is 25.4 Å². The van der Waals surface area contributed by atoms with E-state index in [0.29, 0.717) is 13.1 Å². The Hall–Kier alpha value is -1.76. The van der Waals surface area contributed by atoms with Gasteiger partial charge < -0.3 is 11.1 Å². The van der Waals surface area contributed by atoms with Gasteiger partial charge in [-0.05, 0) is 24.1 Å². The van der Waals surface area contributed by atoms with Gasteiger partial charge in [-0.15, -0.1) is 0 Å². The van der Waals surface area contributed by atoms with Crippen molar-refractivity contribution in [3.63, 3.8) is 0 Å². The molecule has 1 aliphatic heterocycles. The van der Waals surface area contributed by atoms with E-state index < -0.39 is 11.7 Å². The fourth-order valence-corrected chi connectivity index (χ4v) is 2.24. The monoisotopic (exact) mass is 287 g/mol. The van der Waals surface area contributed by atoms with Crippen LogP contribution in [0.2, 0.25) is 0 Å². The van der Waals surface area contributed by atoms with Crippen LogP contribution >= 0.6 is 0 Å². The predicted octanol–water partition coefficient (Wildman–Crippen LogP) is 1.61. The molecule has 0 saturated carbocycles. The van der Waals surface area contributed by atoms with Crippen LogP contribution in [0, 0.1) is 0 Å². The predicted molar refractivity (Wildman–Crippen MR) is 68.8 cm³/mol. The normalized spacial score (nSPS) is 17.6. The second kappa shape index (κ2) is 5.70. The molecule has 0 atom stereocenters. The second-order valence-corrected chi connectivity index (χ2v) is 4.83. The van der Waals surface area contributed by atoms with Gasteiger partial charge >= 0.3 is 6.18 Å². The Balaban J connectivity index is 2.22. The third kappa shape index (κ3) is 3.63. The highest BCUT2D eigenvalue weighted by Gasteiger charge is 2.34. The van der Waals surface area contributed by atoms with E-state index >= 15 is 0 Å². The van der Waals surface area contributed by atoms with Gasteiger partial charge in [0.25, 0.3) is 0 Å². The van der Waals surface area contributed by atoms with Crippen molar-refractivity contribution >= 4 is 11.6 Å². The number of halogens is 3. The first kappa shape index (κ1) is 14.6. The maximum absolute atomic E-state index is 13.0. The summed E-state index contributed by atoms with van der Waals surface area (Å²) >= 11 is 0. The number of nitrogens with two attached hydrogens (primary N) is 1. The van der Waals surface area contributed by atoms with Crippen LogP contribution in [-0.2, 0) is 17.5 Å². The summed E-state index contributed by atoms with van der Waals surface area (Å²) in [5.74, 6) is -0.161. The molecule has 1 aromatic rings.